The number of rotatable bonds is 3. The zero-order valence-corrected chi connectivity index (χ0v) is 6.70. The Morgan fingerprint density at radius 2 is 2.11 bits per heavy atom. The Bertz CT molecular complexity index is 93.1. The molecule has 0 aliphatic heterocycles. The molecule has 1 saturated carbocycles. The maximum Gasteiger partial charge on any atom is 0.135 e. The third-order valence-corrected chi connectivity index (χ3v) is 2.96. The van der Waals surface area contributed by atoms with Crippen LogP contribution in [0.3, 0.4) is 0 Å². The summed E-state index contributed by atoms with van der Waals surface area (Å²) in [4.78, 5) is 0. The van der Waals surface area contributed by atoms with Gasteiger partial charge in [-0.2, -0.15) is 0 Å². The molecule has 2 nitrogen and oxygen atoms in total. The van der Waals surface area contributed by atoms with Gasteiger partial charge in [0, 0.05) is 30.2 Å². The lowest BCUT2D eigenvalue weighted by Crippen LogP contribution is -2.32. The molecule has 0 aromatic heterocycles. The molecule has 3 heteroatoms. The highest BCUT2D eigenvalue weighted by Gasteiger charge is 2.34. The molecule has 0 aromatic rings. The minimum absolute atomic E-state index is 0.353. The third-order valence-electron chi connectivity index (χ3n) is 1.18. The normalized spacial score (nSPS) is 22.7. The summed E-state index contributed by atoms with van der Waals surface area (Å²) in [5.74, 6) is 0. The van der Waals surface area contributed by atoms with Gasteiger partial charge in [-0.1, -0.05) is 0 Å². The SMILES string of the molecule is CC(C)N[S@+]([O-])C1CC1. The van der Waals surface area contributed by atoms with Crippen LogP contribution in [0.1, 0.15) is 26.7 Å². The van der Waals surface area contributed by atoms with E-state index in [1.165, 1.54) is 0 Å². The molecule has 1 aliphatic carbocycles. The average Bonchev–Trinajstić information content (AvgIpc) is 2.40. The van der Waals surface area contributed by atoms with Crippen molar-refractivity contribution in [3.63, 3.8) is 0 Å². The van der Waals surface area contributed by atoms with Crippen molar-refractivity contribution >= 4 is 11.4 Å². The van der Waals surface area contributed by atoms with Crippen LogP contribution in [-0.2, 0) is 11.4 Å². The van der Waals surface area contributed by atoms with Gasteiger partial charge in [0.25, 0.3) is 0 Å². The van der Waals surface area contributed by atoms with E-state index in [1.807, 2.05) is 13.8 Å². The molecular formula is C6H13NOS. The molecule has 1 rings (SSSR count). The van der Waals surface area contributed by atoms with Gasteiger partial charge in [-0.25, -0.2) is 0 Å². The van der Waals surface area contributed by atoms with Crippen molar-refractivity contribution < 1.29 is 4.55 Å². The maximum atomic E-state index is 11.0. The molecule has 0 radical (unpaired) electrons. The Hall–Kier alpha value is 0.270. The lowest BCUT2D eigenvalue weighted by molar-refractivity contribution is 0.567. The Morgan fingerprint density at radius 3 is 2.44 bits per heavy atom. The predicted octanol–water partition coefficient (Wildman–Crippen LogP) is 0.810. The smallest absolute Gasteiger partial charge is 0.135 e. The zero-order valence-electron chi connectivity index (χ0n) is 5.89. The molecule has 0 spiro atoms. The van der Waals surface area contributed by atoms with Crippen LogP contribution in [0, 0.1) is 0 Å². The summed E-state index contributed by atoms with van der Waals surface area (Å²) in [6.45, 7) is 4.03. The van der Waals surface area contributed by atoms with E-state index in [2.05, 4.69) is 4.72 Å². The fourth-order valence-electron chi connectivity index (χ4n) is 0.611. The largest absolute Gasteiger partial charge is 0.598 e. The second-order valence-corrected chi connectivity index (χ2v) is 4.27. The van der Waals surface area contributed by atoms with Gasteiger partial charge in [-0.15, -0.1) is 4.72 Å². The number of hydrogen-bond donors (Lipinski definition) is 1. The maximum absolute atomic E-state index is 11.0. The van der Waals surface area contributed by atoms with Crippen molar-refractivity contribution in [2.45, 2.75) is 38.0 Å². The van der Waals surface area contributed by atoms with Gasteiger partial charge in [0.1, 0.15) is 5.25 Å². The first-order chi connectivity index (χ1) is 4.20. The fraction of sp³-hybridized carbons (Fsp3) is 1.00. The Labute approximate surface area is 59.3 Å². The molecule has 0 amide bonds. The number of hydrogen-bond acceptors (Lipinski definition) is 2. The summed E-state index contributed by atoms with van der Waals surface area (Å²) in [6.07, 6.45) is 2.29. The Balaban J connectivity index is 2.10. The van der Waals surface area contributed by atoms with E-state index in [1.54, 1.807) is 0 Å². The molecular weight excluding hydrogens is 134 g/mol. The average molecular weight is 147 g/mol. The fourth-order valence-corrected chi connectivity index (χ4v) is 1.83. The van der Waals surface area contributed by atoms with Gasteiger partial charge in [-0.05, 0) is 13.8 Å². The van der Waals surface area contributed by atoms with Crippen LogP contribution >= 0.6 is 0 Å². The van der Waals surface area contributed by atoms with Crippen molar-refractivity contribution in [3.8, 4) is 0 Å². The summed E-state index contributed by atoms with van der Waals surface area (Å²) in [5, 5.41) is 0.465. The van der Waals surface area contributed by atoms with Crippen LogP contribution in [-0.4, -0.2) is 15.8 Å². The highest BCUT2D eigenvalue weighted by atomic mass is 32.2. The molecule has 1 N–H and O–H groups in total. The summed E-state index contributed by atoms with van der Waals surface area (Å²) in [5.41, 5.74) is 0. The van der Waals surface area contributed by atoms with E-state index >= 15 is 0 Å². The van der Waals surface area contributed by atoms with Gasteiger partial charge in [-0.3, -0.25) is 0 Å². The van der Waals surface area contributed by atoms with Gasteiger partial charge >= 0.3 is 0 Å². The quantitative estimate of drug-likeness (QED) is 0.599. The van der Waals surface area contributed by atoms with E-state index < -0.39 is 11.4 Å². The molecule has 1 fully saturated rings. The molecule has 0 bridgehead atoms. The molecule has 1 atom stereocenters. The van der Waals surface area contributed by atoms with E-state index in [-0.39, 0.29) is 0 Å². The predicted molar refractivity (Wildman–Crippen MR) is 39.4 cm³/mol. The van der Waals surface area contributed by atoms with Crippen molar-refractivity contribution in [2.75, 3.05) is 0 Å². The van der Waals surface area contributed by atoms with Gasteiger partial charge < -0.3 is 4.55 Å². The van der Waals surface area contributed by atoms with Gasteiger partial charge in [0.2, 0.25) is 0 Å². The van der Waals surface area contributed by atoms with Gasteiger partial charge in [0.05, 0.1) is 0 Å². The Morgan fingerprint density at radius 1 is 1.56 bits per heavy atom. The number of nitrogens with one attached hydrogen (secondary N) is 1. The summed E-state index contributed by atoms with van der Waals surface area (Å²) in [7, 11) is 0. The van der Waals surface area contributed by atoms with Gasteiger partial charge in [0.15, 0.2) is 0 Å². The summed E-state index contributed by atoms with van der Waals surface area (Å²) < 4.78 is 14.0. The molecule has 1 aliphatic rings. The second-order valence-electron chi connectivity index (χ2n) is 2.77. The minimum Gasteiger partial charge on any atom is -0.598 e. The first-order valence-electron chi connectivity index (χ1n) is 3.37. The first-order valence-corrected chi connectivity index (χ1v) is 4.58. The van der Waals surface area contributed by atoms with Crippen LogP contribution in [0.5, 0.6) is 0 Å². The van der Waals surface area contributed by atoms with E-state index in [0.717, 1.165) is 12.8 Å². The molecule has 9 heavy (non-hydrogen) atoms. The van der Waals surface area contributed by atoms with Crippen LogP contribution in [0.4, 0.5) is 0 Å². The molecule has 54 valence electrons. The highest BCUT2D eigenvalue weighted by Crippen LogP contribution is 2.27. The van der Waals surface area contributed by atoms with Crippen molar-refractivity contribution in [3.05, 3.63) is 0 Å². The van der Waals surface area contributed by atoms with E-state index in [0.29, 0.717) is 11.3 Å². The van der Waals surface area contributed by atoms with Crippen LogP contribution in [0.15, 0.2) is 0 Å². The van der Waals surface area contributed by atoms with E-state index in [9.17, 15) is 4.55 Å². The molecule has 0 saturated heterocycles. The summed E-state index contributed by atoms with van der Waals surface area (Å²) >= 11 is -0.741. The monoisotopic (exact) mass is 147 g/mol. The highest BCUT2D eigenvalue weighted by molar-refractivity contribution is 7.90. The van der Waals surface area contributed by atoms with Crippen LogP contribution < -0.4 is 4.72 Å². The third kappa shape index (κ3) is 2.56. The van der Waals surface area contributed by atoms with E-state index in [4.69, 9.17) is 0 Å². The van der Waals surface area contributed by atoms with Crippen molar-refractivity contribution in [1.29, 1.82) is 0 Å². The molecule has 0 heterocycles. The van der Waals surface area contributed by atoms with Crippen molar-refractivity contribution in [2.24, 2.45) is 0 Å². The topological polar surface area (TPSA) is 35.1 Å². The standard InChI is InChI=1S/C6H13NOS/c1-5(2)7-9(8)6-3-4-6/h5-7H,3-4H2,1-2H3/t9-/m1/s1. The second kappa shape index (κ2) is 2.90. The molecule has 0 aromatic carbocycles. The lowest BCUT2D eigenvalue weighted by atomic mass is 10.4. The van der Waals surface area contributed by atoms with Crippen LogP contribution in [0.25, 0.3) is 0 Å². The summed E-state index contributed by atoms with van der Waals surface area (Å²) in [6, 6.07) is 0.353. The first kappa shape index (κ1) is 7.38. The lowest BCUT2D eigenvalue weighted by Gasteiger charge is -2.11. The van der Waals surface area contributed by atoms with Crippen LogP contribution in [0.2, 0.25) is 0 Å². The minimum atomic E-state index is -0.741. The molecule has 0 unspecified atom stereocenters. The van der Waals surface area contributed by atoms with Crippen molar-refractivity contribution in [1.82, 2.24) is 4.72 Å². The zero-order chi connectivity index (χ0) is 6.85. The Kier molecular flexibility index (Phi) is 2.38.